The van der Waals surface area contributed by atoms with E-state index in [1.54, 1.807) is 0 Å². The summed E-state index contributed by atoms with van der Waals surface area (Å²) in [7, 11) is 0. The van der Waals surface area contributed by atoms with Crippen molar-refractivity contribution < 1.29 is 24.2 Å². The molecule has 0 aromatic heterocycles. The van der Waals surface area contributed by atoms with Crippen molar-refractivity contribution in [3.05, 3.63) is 158 Å². The van der Waals surface area contributed by atoms with Gasteiger partial charge in [0.25, 0.3) is 0 Å². The molecule has 524 valence electrons. The van der Waals surface area contributed by atoms with Crippen molar-refractivity contribution in [2.75, 3.05) is 13.2 Å². The number of esters is 2. The lowest BCUT2D eigenvalue weighted by atomic mass is 10.0. The maximum atomic E-state index is 12.4. The normalized spacial score (nSPS) is 13.1. The van der Waals surface area contributed by atoms with Gasteiger partial charge in [-0.05, 0) is 128 Å². The van der Waals surface area contributed by atoms with Crippen LogP contribution in [0.3, 0.4) is 0 Å². The number of aliphatic hydroxyl groups excluding tert-OH is 1. The second-order valence-electron chi connectivity index (χ2n) is 25.7. The van der Waals surface area contributed by atoms with Crippen LogP contribution in [0.25, 0.3) is 0 Å². The quantitative estimate of drug-likeness (QED) is 0.0373. The molecule has 0 heterocycles. The van der Waals surface area contributed by atoms with E-state index in [9.17, 15) is 14.7 Å². The van der Waals surface area contributed by atoms with E-state index in [4.69, 9.17) is 9.47 Å². The van der Waals surface area contributed by atoms with Crippen molar-refractivity contribution in [3.63, 3.8) is 0 Å². The van der Waals surface area contributed by atoms with Crippen LogP contribution in [0.4, 0.5) is 0 Å². The summed E-state index contributed by atoms with van der Waals surface area (Å²) in [5.41, 5.74) is 0. The number of ether oxygens (including phenoxy) is 2. The molecule has 5 nitrogen and oxygen atoms in total. The van der Waals surface area contributed by atoms with Gasteiger partial charge in [-0.3, -0.25) is 9.59 Å². The fourth-order valence-electron chi connectivity index (χ4n) is 11.0. The minimum Gasteiger partial charge on any atom is -0.462 e. The van der Waals surface area contributed by atoms with Gasteiger partial charge in [0, 0.05) is 12.8 Å². The Morgan fingerprint density at radius 2 is 0.467 bits per heavy atom. The molecule has 92 heavy (non-hydrogen) atoms. The van der Waals surface area contributed by atoms with Crippen molar-refractivity contribution in [1.82, 2.24) is 0 Å². The van der Waals surface area contributed by atoms with E-state index in [1.165, 1.54) is 205 Å². The zero-order valence-electron chi connectivity index (χ0n) is 60.3. The van der Waals surface area contributed by atoms with Crippen LogP contribution in [-0.2, 0) is 19.1 Å². The molecule has 0 aromatic rings. The average Bonchev–Trinajstić information content (AvgIpc) is 3.64. The number of carbonyl (C=O) groups is 2. The summed E-state index contributed by atoms with van der Waals surface area (Å²) in [5, 5.41) is 9.72. The predicted molar refractivity (Wildman–Crippen MR) is 407 cm³/mol. The third-order valence-corrected chi connectivity index (χ3v) is 16.8. The number of aliphatic hydroxyl groups is 1. The van der Waals surface area contributed by atoms with Crippen LogP contribution in [0.5, 0.6) is 0 Å². The van der Waals surface area contributed by atoms with Gasteiger partial charge in [0.15, 0.2) is 6.10 Å². The van der Waals surface area contributed by atoms with Gasteiger partial charge in [-0.25, -0.2) is 0 Å². The van der Waals surface area contributed by atoms with E-state index < -0.39 is 6.10 Å². The van der Waals surface area contributed by atoms with Gasteiger partial charge in [-0.2, -0.15) is 0 Å². The highest BCUT2D eigenvalue weighted by Gasteiger charge is 2.16. The Hall–Kier alpha value is -4.48. The van der Waals surface area contributed by atoms with Crippen molar-refractivity contribution in [2.45, 2.75) is 367 Å². The summed E-state index contributed by atoms with van der Waals surface area (Å²) in [6.45, 7) is 4.03. The second kappa shape index (κ2) is 80.8. The molecule has 0 amide bonds. The lowest BCUT2D eigenvalue weighted by Crippen LogP contribution is -2.28. The molecule has 0 bridgehead atoms. The van der Waals surface area contributed by atoms with Gasteiger partial charge in [-0.1, -0.05) is 377 Å². The zero-order valence-corrected chi connectivity index (χ0v) is 60.3. The Morgan fingerprint density at radius 3 is 0.717 bits per heavy atom. The van der Waals surface area contributed by atoms with Crippen molar-refractivity contribution in [2.24, 2.45) is 0 Å². The molecule has 5 heteroatoms. The van der Waals surface area contributed by atoms with Gasteiger partial charge >= 0.3 is 11.9 Å². The van der Waals surface area contributed by atoms with Crippen LogP contribution in [0.1, 0.15) is 361 Å². The Labute approximate surface area is 571 Å². The van der Waals surface area contributed by atoms with Gasteiger partial charge < -0.3 is 14.6 Å². The topological polar surface area (TPSA) is 72.8 Å². The molecule has 1 unspecified atom stereocenters. The monoisotopic (exact) mass is 1270 g/mol. The van der Waals surface area contributed by atoms with Gasteiger partial charge in [0.1, 0.15) is 6.61 Å². The first-order chi connectivity index (χ1) is 45.6. The third kappa shape index (κ3) is 78.0. The first-order valence-corrected chi connectivity index (χ1v) is 39.0. The van der Waals surface area contributed by atoms with Crippen LogP contribution in [-0.4, -0.2) is 36.4 Å². The zero-order chi connectivity index (χ0) is 66.1. The van der Waals surface area contributed by atoms with Gasteiger partial charge in [-0.15, -0.1) is 0 Å². The summed E-state index contributed by atoms with van der Waals surface area (Å²) < 4.78 is 10.8. The Balaban J connectivity index is 3.55. The van der Waals surface area contributed by atoms with E-state index in [2.05, 4.69) is 172 Å². The molecule has 1 N–H and O–H groups in total. The van der Waals surface area contributed by atoms with Gasteiger partial charge in [0.05, 0.1) is 6.61 Å². The van der Waals surface area contributed by atoms with Gasteiger partial charge in [0.2, 0.25) is 0 Å². The van der Waals surface area contributed by atoms with E-state index in [1.807, 2.05) is 0 Å². The number of allylic oxidation sites excluding steroid dienone is 26. The first-order valence-electron chi connectivity index (χ1n) is 39.0. The molecule has 0 rings (SSSR count). The number of unbranched alkanes of at least 4 members (excludes halogenated alkanes) is 37. The summed E-state index contributed by atoms with van der Waals surface area (Å²) in [6, 6.07) is 0. The van der Waals surface area contributed by atoms with E-state index in [0.29, 0.717) is 12.8 Å². The summed E-state index contributed by atoms with van der Waals surface area (Å²) in [4.78, 5) is 24.7. The Morgan fingerprint density at radius 1 is 0.261 bits per heavy atom. The van der Waals surface area contributed by atoms with Crippen LogP contribution < -0.4 is 0 Å². The molecule has 0 aromatic carbocycles. The summed E-state index contributed by atoms with van der Waals surface area (Å²) in [6.07, 6.45) is 123. The molecule has 0 aliphatic carbocycles. The lowest BCUT2D eigenvalue weighted by molar-refractivity contribution is -0.161. The minimum atomic E-state index is -0.797. The molecule has 0 saturated heterocycles. The van der Waals surface area contributed by atoms with E-state index >= 15 is 0 Å². The first kappa shape index (κ1) is 87.5. The molecule has 0 spiro atoms. The van der Waals surface area contributed by atoms with Crippen LogP contribution in [0, 0.1) is 0 Å². The van der Waals surface area contributed by atoms with Crippen LogP contribution >= 0.6 is 0 Å². The fraction of sp³-hybridized carbons (Fsp3) is 0.678. The molecule has 0 aliphatic rings. The molecule has 1 atom stereocenters. The number of rotatable bonds is 71. The maximum Gasteiger partial charge on any atom is 0.306 e. The van der Waals surface area contributed by atoms with Crippen LogP contribution in [0.15, 0.2) is 158 Å². The standard InChI is InChI=1S/C87H146O5/c1-3-5-7-9-11-13-15-17-19-21-23-25-27-29-31-33-35-37-39-41-42-43-44-46-48-50-52-54-56-58-60-62-64-66-68-70-72-74-76-78-80-82-87(90)92-85(83-88)84-91-86(89)81-79-77-75-73-71-69-67-65-63-61-59-57-55-53-51-49-47-45-40-38-36-34-32-30-28-26-24-22-20-18-16-14-12-10-8-6-4-2/h5,7,11,13,17,19,22-25,29,31,35,37,41-42,44,46,50,52,56,58,62,64,68,70,85,88H,3-4,6,8-10,12,14-16,18,20-21,26-28,30,32-34,36,38-40,43,45,47-49,51,53-55,57,59-61,63,65-67,69,71-84H2,1-2H3/b7-5-,13-11-,19-17-,24-22-,25-23-,31-29-,37-35-,42-41-,46-44-,52-50-,58-56-,64-62-,70-68-. The summed E-state index contributed by atoms with van der Waals surface area (Å²) in [5.74, 6) is -0.616. The predicted octanol–water partition coefficient (Wildman–Crippen LogP) is 27.8. The molecule has 0 radical (unpaired) electrons. The average molecular weight is 1270 g/mol. The SMILES string of the molecule is CC/C=C\C/C=C\C/C=C\C/C=C\C/C=C\C/C=C\C/C=C\C/C=C\C/C=C\C/C=C\C/C=C\C/C=C\CCCCCCC(=O)OC(CO)COC(=O)CCCCCCCCCCCCCCCCCCCCCCCCCCC/C=C\CCCCCCCCCC. The van der Waals surface area contributed by atoms with Crippen LogP contribution in [0.2, 0.25) is 0 Å². The molecule has 0 saturated carbocycles. The smallest absolute Gasteiger partial charge is 0.306 e. The van der Waals surface area contributed by atoms with Crippen molar-refractivity contribution >= 4 is 11.9 Å². The molecular weight excluding hydrogens is 1120 g/mol. The Bertz CT molecular complexity index is 1930. The minimum absolute atomic E-state index is 0.0819. The summed E-state index contributed by atoms with van der Waals surface area (Å²) >= 11 is 0. The second-order valence-corrected chi connectivity index (χ2v) is 25.7. The third-order valence-electron chi connectivity index (χ3n) is 16.8. The van der Waals surface area contributed by atoms with E-state index in [-0.39, 0.29) is 25.2 Å². The van der Waals surface area contributed by atoms with Crippen molar-refractivity contribution in [1.29, 1.82) is 0 Å². The highest BCUT2D eigenvalue weighted by atomic mass is 16.6. The molecule has 0 fully saturated rings. The highest BCUT2D eigenvalue weighted by Crippen LogP contribution is 2.18. The lowest BCUT2D eigenvalue weighted by Gasteiger charge is -2.15. The number of hydrogen-bond acceptors (Lipinski definition) is 5. The highest BCUT2D eigenvalue weighted by molar-refractivity contribution is 5.70. The Kier molecular flexibility index (Phi) is 76.8. The number of carbonyl (C=O) groups excluding carboxylic acids is 2. The number of hydrogen-bond donors (Lipinski definition) is 1. The molecule has 0 aliphatic heterocycles. The van der Waals surface area contributed by atoms with Crippen molar-refractivity contribution in [3.8, 4) is 0 Å². The van der Waals surface area contributed by atoms with E-state index in [0.717, 1.165) is 128 Å². The fourth-order valence-corrected chi connectivity index (χ4v) is 11.0. The maximum absolute atomic E-state index is 12.4. The largest absolute Gasteiger partial charge is 0.462 e. The molecular formula is C87H146O5.